The summed E-state index contributed by atoms with van der Waals surface area (Å²) in [6.45, 7) is 0.611. The zero-order valence-electron chi connectivity index (χ0n) is 11.1. The maximum absolute atomic E-state index is 10.9. The number of anilines is 1. The number of benzene rings is 2. The second kappa shape index (κ2) is 7.73. The Hall–Kier alpha value is -1.17. The predicted octanol–water partition coefficient (Wildman–Crippen LogP) is 4.29. The molecule has 0 saturated heterocycles. The first-order chi connectivity index (χ1) is 10.1. The molecule has 0 aliphatic heterocycles. The molecule has 3 N–H and O–H groups in total. The molecule has 0 aliphatic rings. The quantitative estimate of drug-likeness (QED) is 0.729. The molecule has 3 nitrogen and oxygen atoms in total. The Morgan fingerprint density at radius 3 is 2.76 bits per heavy atom. The van der Waals surface area contributed by atoms with Crippen LogP contribution in [-0.2, 0) is 11.3 Å². The van der Waals surface area contributed by atoms with Gasteiger partial charge in [0.05, 0.1) is 5.75 Å². The summed E-state index contributed by atoms with van der Waals surface area (Å²) in [5, 5.41) is 4.05. The standard InChI is InChI=1S/C15H14BrClN2OS/c16-11-6-5-10(12(17)7-11)8-19-13-3-1-2-4-14(13)21-9-15(18)20/h1-7,19H,8-9H2,(H2,18,20). The normalized spacial score (nSPS) is 10.4. The van der Waals surface area contributed by atoms with Crippen LogP contribution in [-0.4, -0.2) is 11.7 Å². The lowest BCUT2D eigenvalue weighted by Gasteiger charge is -2.12. The van der Waals surface area contributed by atoms with Gasteiger partial charge in [-0.15, -0.1) is 11.8 Å². The van der Waals surface area contributed by atoms with Crippen molar-refractivity contribution in [3.8, 4) is 0 Å². The van der Waals surface area contributed by atoms with Gasteiger partial charge in [0.15, 0.2) is 0 Å². The van der Waals surface area contributed by atoms with Crippen LogP contribution in [0.1, 0.15) is 5.56 Å². The van der Waals surface area contributed by atoms with Gasteiger partial charge in [0.2, 0.25) is 5.91 Å². The van der Waals surface area contributed by atoms with Gasteiger partial charge < -0.3 is 11.1 Å². The number of hydrogen-bond donors (Lipinski definition) is 2. The first-order valence-electron chi connectivity index (χ1n) is 6.24. The van der Waals surface area contributed by atoms with Crippen LogP contribution in [0.5, 0.6) is 0 Å². The van der Waals surface area contributed by atoms with E-state index in [9.17, 15) is 4.79 Å². The van der Waals surface area contributed by atoms with Crippen LogP contribution >= 0.6 is 39.3 Å². The molecule has 0 fully saturated rings. The molecule has 0 bridgehead atoms. The second-order valence-electron chi connectivity index (χ2n) is 4.34. The summed E-state index contributed by atoms with van der Waals surface area (Å²) < 4.78 is 0.952. The van der Waals surface area contributed by atoms with E-state index in [2.05, 4.69) is 21.2 Å². The molecule has 2 aromatic rings. The Labute approximate surface area is 141 Å². The Bertz CT molecular complexity index is 651. The fourth-order valence-electron chi connectivity index (χ4n) is 1.74. The van der Waals surface area contributed by atoms with E-state index >= 15 is 0 Å². The van der Waals surface area contributed by atoms with Crippen molar-refractivity contribution in [2.75, 3.05) is 11.1 Å². The Morgan fingerprint density at radius 2 is 2.05 bits per heavy atom. The number of halogens is 2. The van der Waals surface area contributed by atoms with E-state index in [1.54, 1.807) is 0 Å². The van der Waals surface area contributed by atoms with Crippen molar-refractivity contribution in [1.29, 1.82) is 0 Å². The van der Waals surface area contributed by atoms with Crippen LogP contribution in [0, 0.1) is 0 Å². The number of primary amides is 1. The van der Waals surface area contributed by atoms with Crippen LogP contribution in [0.4, 0.5) is 5.69 Å². The van der Waals surface area contributed by atoms with Crippen LogP contribution < -0.4 is 11.1 Å². The molecular weight excluding hydrogens is 372 g/mol. The largest absolute Gasteiger partial charge is 0.380 e. The highest BCUT2D eigenvalue weighted by atomic mass is 79.9. The zero-order chi connectivity index (χ0) is 15.2. The number of thioether (sulfide) groups is 1. The molecule has 0 atom stereocenters. The highest BCUT2D eigenvalue weighted by molar-refractivity contribution is 9.10. The summed E-state index contributed by atoms with van der Waals surface area (Å²) in [6, 6.07) is 13.6. The molecule has 21 heavy (non-hydrogen) atoms. The average molecular weight is 386 g/mol. The van der Waals surface area contributed by atoms with Gasteiger partial charge in [-0.3, -0.25) is 4.79 Å². The van der Waals surface area contributed by atoms with E-state index in [1.165, 1.54) is 11.8 Å². The summed E-state index contributed by atoms with van der Waals surface area (Å²) in [6.07, 6.45) is 0. The van der Waals surface area contributed by atoms with E-state index in [4.69, 9.17) is 17.3 Å². The molecule has 2 rings (SSSR count). The number of carbonyl (C=O) groups excluding carboxylic acids is 1. The summed E-state index contributed by atoms with van der Waals surface area (Å²) >= 11 is 11.0. The van der Waals surface area contributed by atoms with Gasteiger partial charge in [0, 0.05) is 26.6 Å². The number of amides is 1. The summed E-state index contributed by atoms with van der Waals surface area (Å²) in [7, 11) is 0. The van der Waals surface area contributed by atoms with Gasteiger partial charge in [-0.25, -0.2) is 0 Å². The van der Waals surface area contributed by atoms with Crippen molar-refractivity contribution < 1.29 is 4.79 Å². The molecule has 110 valence electrons. The van der Waals surface area contributed by atoms with Gasteiger partial charge in [0.25, 0.3) is 0 Å². The summed E-state index contributed by atoms with van der Waals surface area (Å²) in [4.78, 5) is 11.9. The van der Waals surface area contributed by atoms with Crippen LogP contribution in [0.25, 0.3) is 0 Å². The highest BCUT2D eigenvalue weighted by Gasteiger charge is 2.06. The van der Waals surface area contributed by atoms with Crippen LogP contribution in [0.15, 0.2) is 51.8 Å². The van der Waals surface area contributed by atoms with Crippen molar-refractivity contribution in [2.24, 2.45) is 5.73 Å². The molecule has 0 unspecified atom stereocenters. The van der Waals surface area contributed by atoms with Crippen LogP contribution in [0.2, 0.25) is 5.02 Å². The molecule has 2 aromatic carbocycles. The predicted molar refractivity (Wildman–Crippen MR) is 92.8 cm³/mol. The smallest absolute Gasteiger partial charge is 0.227 e. The maximum atomic E-state index is 10.9. The molecule has 1 amide bonds. The SMILES string of the molecule is NC(=O)CSc1ccccc1NCc1ccc(Br)cc1Cl. The Kier molecular flexibility index (Phi) is 5.96. The minimum absolute atomic E-state index is 0.262. The molecule has 0 aliphatic carbocycles. The molecule has 0 saturated carbocycles. The number of rotatable bonds is 6. The number of carbonyl (C=O) groups is 1. The Morgan fingerprint density at radius 1 is 1.29 bits per heavy atom. The van der Waals surface area contributed by atoms with Crippen molar-refractivity contribution in [3.05, 3.63) is 57.5 Å². The zero-order valence-corrected chi connectivity index (χ0v) is 14.3. The fourth-order valence-corrected chi connectivity index (χ4v) is 3.25. The molecule has 0 radical (unpaired) electrons. The van der Waals surface area contributed by atoms with Gasteiger partial charge in [0.1, 0.15) is 0 Å². The van der Waals surface area contributed by atoms with Crippen molar-refractivity contribution in [1.82, 2.24) is 0 Å². The lowest BCUT2D eigenvalue weighted by molar-refractivity contribution is -0.115. The minimum atomic E-state index is -0.328. The molecule has 0 spiro atoms. The van der Waals surface area contributed by atoms with Crippen molar-refractivity contribution in [3.63, 3.8) is 0 Å². The first-order valence-corrected chi connectivity index (χ1v) is 8.40. The highest BCUT2D eigenvalue weighted by Crippen LogP contribution is 2.28. The number of nitrogens with two attached hydrogens (primary N) is 1. The third-order valence-electron chi connectivity index (χ3n) is 2.74. The maximum Gasteiger partial charge on any atom is 0.227 e. The van der Waals surface area contributed by atoms with Crippen molar-refractivity contribution in [2.45, 2.75) is 11.4 Å². The van der Waals surface area contributed by atoms with Gasteiger partial charge in [-0.05, 0) is 29.8 Å². The lowest BCUT2D eigenvalue weighted by Crippen LogP contribution is -2.13. The molecular formula is C15H14BrClN2OS. The van der Waals surface area contributed by atoms with Gasteiger partial charge in [-0.1, -0.05) is 45.7 Å². The van der Waals surface area contributed by atoms with E-state index in [0.29, 0.717) is 11.6 Å². The Balaban J connectivity index is 2.07. The van der Waals surface area contributed by atoms with Gasteiger partial charge in [-0.2, -0.15) is 0 Å². The molecule has 6 heteroatoms. The van der Waals surface area contributed by atoms with Crippen molar-refractivity contribution >= 4 is 50.9 Å². The molecule has 0 heterocycles. The third-order valence-corrected chi connectivity index (χ3v) is 4.68. The van der Waals surface area contributed by atoms with E-state index in [-0.39, 0.29) is 11.7 Å². The van der Waals surface area contributed by atoms with Gasteiger partial charge >= 0.3 is 0 Å². The average Bonchev–Trinajstić information content (AvgIpc) is 2.45. The lowest BCUT2D eigenvalue weighted by atomic mass is 10.2. The second-order valence-corrected chi connectivity index (χ2v) is 6.68. The fraction of sp³-hybridized carbons (Fsp3) is 0.133. The third kappa shape index (κ3) is 4.95. The van der Waals surface area contributed by atoms with E-state index in [1.807, 2.05) is 42.5 Å². The summed E-state index contributed by atoms with van der Waals surface area (Å²) in [5.41, 5.74) is 7.16. The monoisotopic (exact) mass is 384 g/mol. The van der Waals surface area contributed by atoms with E-state index in [0.717, 1.165) is 20.6 Å². The molecule has 0 aromatic heterocycles. The van der Waals surface area contributed by atoms with Crippen LogP contribution in [0.3, 0.4) is 0 Å². The summed E-state index contributed by atoms with van der Waals surface area (Å²) in [5.74, 6) is -0.0664. The first kappa shape index (κ1) is 16.2. The minimum Gasteiger partial charge on any atom is -0.380 e. The van der Waals surface area contributed by atoms with E-state index < -0.39 is 0 Å². The number of para-hydroxylation sites is 1. The number of nitrogens with one attached hydrogen (secondary N) is 1. The number of hydrogen-bond acceptors (Lipinski definition) is 3. The topological polar surface area (TPSA) is 55.1 Å².